The summed E-state index contributed by atoms with van der Waals surface area (Å²) in [6, 6.07) is 2.00. The first kappa shape index (κ1) is 14.3. The fraction of sp³-hybridized carbons (Fsp3) is 0.533. The lowest BCUT2D eigenvalue weighted by molar-refractivity contribution is 0.905. The van der Waals surface area contributed by atoms with Gasteiger partial charge in [-0.25, -0.2) is 15.0 Å². The zero-order chi connectivity index (χ0) is 14.7. The van der Waals surface area contributed by atoms with Crippen LogP contribution in [-0.2, 0) is 6.54 Å². The average Bonchev–Trinajstić information content (AvgIpc) is 3.26. The molecule has 0 radical (unpaired) electrons. The van der Waals surface area contributed by atoms with Crippen LogP contribution in [0, 0.1) is 6.92 Å². The summed E-state index contributed by atoms with van der Waals surface area (Å²) in [5.41, 5.74) is 2.98. The van der Waals surface area contributed by atoms with Gasteiger partial charge in [0.15, 0.2) is 0 Å². The topological polar surface area (TPSA) is 62.7 Å². The predicted octanol–water partition coefficient (Wildman–Crippen LogP) is 3.55. The Kier molecular flexibility index (Phi) is 4.34. The Bertz CT molecular complexity index is 606. The highest BCUT2D eigenvalue weighted by molar-refractivity contribution is 7.09. The maximum absolute atomic E-state index is 4.65. The van der Waals surface area contributed by atoms with Crippen LogP contribution in [0.2, 0.25) is 0 Å². The van der Waals surface area contributed by atoms with Gasteiger partial charge in [0.1, 0.15) is 17.5 Å². The molecule has 5 nitrogen and oxygen atoms in total. The Balaban J connectivity index is 1.73. The first-order chi connectivity index (χ1) is 10.3. The normalized spacial score (nSPS) is 14.2. The summed E-state index contributed by atoms with van der Waals surface area (Å²) in [4.78, 5) is 14.8. The SMILES string of the molecule is CCCNc1cc(NCc2scnc2C)nc(C2CC2)n1. The van der Waals surface area contributed by atoms with E-state index in [9.17, 15) is 0 Å². The first-order valence-corrected chi connectivity index (χ1v) is 8.40. The van der Waals surface area contributed by atoms with E-state index >= 15 is 0 Å². The van der Waals surface area contributed by atoms with Gasteiger partial charge in [-0.15, -0.1) is 11.3 Å². The molecule has 0 amide bonds. The molecule has 21 heavy (non-hydrogen) atoms. The summed E-state index contributed by atoms with van der Waals surface area (Å²) in [5, 5.41) is 6.77. The van der Waals surface area contributed by atoms with E-state index in [4.69, 9.17) is 0 Å². The van der Waals surface area contributed by atoms with Gasteiger partial charge >= 0.3 is 0 Å². The van der Waals surface area contributed by atoms with Gasteiger partial charge in [0.05, 0.1) is 17.7 Å². The summed E-state index contributed by atoms with van der Waals surface area (Å²) < 4.78 is 0. The lowest BCUT2D eigenvalue weighted by Gasteiger charge is -2.10. The number of aromatic nitrogens is 3. The minimum atomic E-state index is 0.555. The molecule has 3 rings (SSSR count). The largest absolute Gasteiger partial charge is 0.370 e. The Morgan fingerprint density at radius 1 is 1.24 bits per heavy atom. The number of nitrogens with zero attached hydrogens (tertiary/aromatic N) is 3. The number of rotatable bonds is 7. The van der Waals surface area contributed by atoms with Crippen molar-refractivity contribution < 1.29 is 0 Å². The number of nitrogens with one attached hydrogen (secondary N) is 2. The molecule has 0 aromatic carbocycles. The molecular formula is C15H21N5S. The summed E-state index contributed by atoms with van der Waals surface area (Å²) in [5.74, 6) is 3.36. The molecule has 0 saturated heterocycles. The fourth-order valence-corrected chi connectivity index (χ4v) is 2.81. The smallest absolute Gasteiger partial charge is 0.136 e. The van der Waals surface area contributed by atoms with Gasteiger partial charge in [-0.2, -0.15) is 0 Å². The molecule has 1 fully saturated rings. The van der Waals surface area contributed by atoms with E-state index in [1.54, 1.807) is 11.3 Å². The molecule has 2 aromatic rings. The van der Waals surface area contributed by atoms with Gasteiger partial charge in [-0.1, -0.05) is 6.92 Å². The van der Waals surface area contributed by atoms with Crippen LogP contribution in [-0.4, -0.2) is 21.5 Å². The molecule has 0 atom stereocenters. The highest BCUT2D eigenvalue weighted by Gasteiger charge is 2.27. The summed E-state index contributed by atoms with van der Waals surface area (Å²) in [6.45, 7) is 5.90. The second-order valence-corrected chi connectivity index (χ2v) is 6.35. The molecule has 0 aliphatic heterocycles. The third kappa shape index (κ3) is 3.69. The Morgan fingerprint density at radius 2 is 2.00 bits per heavy atom. The molecule has 112 valence electrons. The molecule has 2 N–H and O–H groups in total. The summed E-state index contributed by atoms with van der Waals surface area (Å²) in [6.07, 6.45) is 3.51. The van der Waals surface area contributed by atoms with Crippen molar-refractivity contribution >= 4 is 23.0 Å². The molecule has 2 aromatic heterocycles. The van der Waals surface area contributed by atoms with Gasteiger partial charge in [-0.05, 0) is 26.2 Å². The monoisotopic (exact) mass is 303 g/mol. The van der Waals surface area contributed by atoms with Crippen molar-refractivity contribution in [2.45, 2.75) is 45.6 Å². The molecular weight excluding hydrogens is 282 g/mol. The van der Waals surface area contributed by atoms with Crippen LogP contribution in [0.4, 0.5) is 11.6 Å². The van der Waals surface area contributed by atoms with Crippen LogP contribution in [0.1, 0.15) is 48.5 Å². The van der Waals surface area contributed by atoms with Gasteiger partial charge in [-0.3, -0.25) is 0 Å². The average molecular weight is 303 g/mol. The third-order valence-corrected chi connectivity index (χ3v) is 4.45. The van der Waals surface area contributed by atoms with Crippen LogP contribution in [0.3, 0.4) is 0 Å². The lowest BCUT2D eigenvalue weighted by Crippen LogP contribution is -2.08. The van der Waals surface area contributed by atoms with Gasteiger partial charge in [0, 0.05) is 23.4 Å². The van der Waals surface area contributed by atoms with Crippen molar-refractivity contribution in [2.75, 3.05) is 17.2 Å². The summed E-state index contributed by atoms with van der Waals surface area (Å²) in [7, 11) is 0. The van der Waals surface area contributed by atoms with Crippen LogP contribution in [0.25, 0.3) is 0 Å². The van der Waals surface area contributed by atoms with Crippen molar-refractivity contribution in [3.05, 3.63) is 28.0 Å². The van der Waals surface area contributed by atoms with Gasteiger partial charge in [0.2, 0.25) is 0 Å². The van der Waals surface area contributed by atoms with E-state index < -0.39 is 0 Å². The summed E-state index contributed by atoms with van der Waals surface area (Å²) >= 11 is 1.68. The second-order valence-electron chi connectivity index (χ2n) is 5.41. The molecule has 2 heterocycles. The number of hydrogen-bond acceptors (Lipinski definition) is 6. The molecule has 0 unspecified atom stereocenters. The van der Waals surface area contributed by atoms with E-state index in [2.05, 4.69) is 32.5 Å². The molecule has 1 aliphatic carbocycles. The molecule has 1 aliphatic rings. The van der Waals surface area contributed by atoms with Crippen molar-refractivity contribution in [2.24, 2.45) is 0 Å². The van der Waals surface area contributed by atoms with Crippen LogP contribution in [0.5, 0.6) is 0 Å². The highest BCUT2D eigenvalue weighted by atomic mass is 32.1. The minimum Gasteiger partial charge on any atom is -0.370 e. The van der Waals surface area contributed by atoms with Crippen LogP contribution in [0.15, 0.2) is 11.6 Å². The number of thiazole rings is 1. The van der Waals surface area contributed by atoms with Gasteiger partial charge < -0.3 is 10.6 Å². The standard InChI is InChI=1S/C15H21N5S/c1-3-6-16-13-7-14(20-15(19-13)11-4-5-11)17-8-12-10(2)18-9-21-12/h7,9,11H,3-6,8H2,1-2H3,(H2,16,17,19,20). The maximum Gasteiger partial charge on any atom is 0.136 e. The van der Waals surface area contributed by atoms with E-state index in [0.29, 0.717) is 5.92 Å². The molecule has 6 heteroatoms. The number of aryl methyl sites for hydroxylation is 1. The van der Waals surface area contributed by atoms with E-state index in [1.807, 2.05) is 18.5 Å². The van der Waals surface area contributed by atoms with Crippen LogP contribution >= 0.6 is 11.3 Å². The third-order valence-electron chi connectivity index (χ3n) is 3.52. The van der Waals surface area contributed by atoms with Crippen molar-refractivity contribution in [3.8, 4) is 0 Å². The van der Waals surface area contributed by atoms with Crippen molar-refractivity contribution in [1.29, 1.82) is 0 Å². The second kappa shape index (κ2) is 6.39. The maximum atomic E-state index is 4.65. The zero-order valence-electron chi connectivity index (χ0n) is 12.5. The lowest BCUT2D eigenvalue weighted by atomic mass is 10.3. The Morgan fingerprint density at radius 3 is 2.62 bits per heavy atom. The Labute approximate surface area is 129 Å². The van der Waals surface area contributed by atoms with Crippen molar-refractivity contribution in [3.63, 3.8) is 0 Å². The van der Waals surface area contributed by atoms with E-state index in [1.165, 1.54) is 17.7 Å². The van der Waals surface area contributed by atoms with Gasteiger partial charge in [0.25, 0.3) is 0 Å². The number of hydrogen-bond donors (Lipinski definition) is 2. The first-order valence-electron chi connectivity index (χ1n) is 7.52. The zero-order valence-corrected chi connectivity index (χ0v) is 13.3. The fourth-order valence-electron chi connectivity index (χ4n) is 2.09. The Hall–Kier alpha value is -1.69. The van der Waals surface area contributed by atoms with Crippen molar-refractivity contribution in [1.82, 2.24) is 15.0 Å². The van der Waals surface area contributed by atoms with Crippen LogP contribution < -0.4 is 10.6 Å². The molecule has 0 bridgehead atoms. The predicted molar refractivity (Wildman–Crippen MR) is 87.0 cm³/mol. The molecule has 0 spiro atoms. The van der Waals surface area contributed by atoms with E-state index in [-0.39, 0.29) is 0 Å². The minimum absolute atomic E-state index is 0.555. The number of anilines is 2. The quantitative estimate of drug-likeness (QED) is 0.819. The molecule has 1 saturated carbocycles. The van der Waals surface area contributed by atoms with E-state index in [0.717, 1.165) is 42.7 Å². The highest BCUT2D eigenvalue weighted by Crippen LogP contribution is 2.38.